The van der Waals surface area contributed by atoms with Crippen LogP contribution in [0.1, 0.15) is 48.4 Å². The number of hydrogen-bond acceptors (Lipinski definition) is 3. The second-order valence-corrected chi connectivity index (χ2v) is 8.88. The molecule has 2 aliphatic heterocycles. The molecule has 3 rings (SSSR count). The number of nitrogens with zero attached hydrogens (tertiary/aromatic N) is 3. The highest BCUT2D eigenvalue weighted by molar-refractivity contribution is 5.94. The van der Waals surface area contributed by atoms with Gasteiger partial charge < -0.3 is 4.90 Å². The normalized spacial score (nSPS) is 20.5. The van der Waals surface area contributed by atoms with Crippen molar-refractivity contribution in [2.45, 2.75) is 58.2 Å². The number of fused-ring (bicyclic) bond motifs is 1. The Kier molecular flexibility index (Phi) is 7.97. The number of halogens is 8. The van der Waals surface area contributed by atoms with Gasteiger partial charge in [0.15, 0.2) is 5.69 Å². The highest BCUT2D eigenvalue weighted by atomic mass is 19.4. The Morgan fingerprint density at radius 2 is 1.80 bits per heavy atom. The average Bonchev–Trinajstić information content (AvgIpc) is 3.13. The van der Waals surface area contributed by atoms with Crippen LogP contribution in [0.5, 0.6) is 0 Å². The van der Waals surface area contributed by atoms with Crippen molar-refractivity contribution in [2.75, 3.05) is 26.2 Å². The molecule has 1 fully saturated rings. The van der Waals surface area contributed by atoms with Crippen LogP contribution >= 0.6 is 0 Å². The van der Waals surface area contributed by atoms with Crippen molar-refractivity contribution in [1.82, 2.24) is 20.0 Å². The summed E-state index contributed by atoms with van der Waals surface area (Å²) in [6, 6.07) is 0. The van der Waals surface area contributed by atoms with Crippen molar-refractivity contribution in [1.29, 1.82) is 0 Å². The fourth-order valence-electron chi connectivity index (χ4n) is 4.71. The third kappa shape index (κ3) is 6.62. The number of piperidine rings is 1. The van der Waals surface area contributed by atoms with Crippen LogP contribution in [-0.4, -0.2) is 70.6 Å². The molecular weight excluding hydrogens is 488 g/mol. The Hall–Kier alpha value is -2.44. The zero-order valence-electron chi connectivity index (χ0n) is 19.2. The molecule has 196 valence electrons. The van der Waals surface area contributed by atoms with Crippen LogP contribution in [0.4, 0.5) is 35.1 Å². The van der Waals surface area contributed by atoms with E-state index in [9.17, 15) is 39.9 Å². The summed E-state index contributed by atoms with van der Waals surface area (Å²) < 4.78 is 106. The molecule has 0 saturated carbocycles. The van der Waals surface area contributed by atoms with Gasteiger partial charge in [0.2, 0.25) is 0 Å². The first-order valence-electron chi connectivity index (χ1n) is 11.1. The first-order chi connectivity index (χ1) is 16.2. The summed E-state index contributed by atoms with van der Waals surface area (Å²) in [7, 11) is 0. The van der Waals surface area contributed by atoms with Crippen molar-refractivity contribution < 1.29 is 39.9 Å². The van der Waals surface area contributed by atoms with E-state index >= 15 is 0 Å². The number of H-pyrrole nitrogens is 1. The summed E-state index contributed by atoms with van der Waals surface area (Å²) in [4.78, 5) is 15.6. The molecule has 1 saturated heterocycles. The summed E-state index contributed by atoms with van der Waals surface area (Å²) >= 11 is 0. The van der Waals surface area contributed by atoms with E-state index in [-0.39, 0.29) is 51.1 Å². The van der Waals surface area contributed by atoms with Crippen LogP contribution in [0.15, 0.2) is 23.0 Å². The molecule has 1 aromatic rings. The maximum absolute atomic E-state index is 13.8. The van der Waals surface area contributed by atoms with Gasteiger partial charge in [-0.2, -0.15) is 31.4 Å². The smallest absolute Gasteiger partial charge is 0.337 e. The van der Waals surface area contributed by atoms with Crippen molar-refractivity contribution in [3.05, 3.63) is 40.0 Å². The zero-order valence-corrected chi connectivity index (χ0v) is 19.2. The van der Waals surface area contributed by atoms with Crippen molar-refractivity contribution in [2.24, 2.45) is 5.92 Å². The number of likely N-dealkylation sites (tertiary alicyclic amines) is 1. The molecule has 13 heteroatoms. The second kappa shape index (κ2) is 10.3. The zero-order chi connectivity index (χ0) is 26.1. The van der Waals surface area contributed by atoms with Crippen LogP contribution in [0.2, 0.25) is 0 Å². The number of alkyl halides is 7. The van der Waals surface area contributed by atoms with Gasteiger partial charge >= 0.3 is 12.4 Å². The fourth-order valence-corrected chi connectivity index (χ4v) is 4.71. The molecule has 0 aromatic carbocycles. The van der Waals surface area contributed by atoms with Crippen LogP contribution in [0.25, 0.3) is 0 Å². The lowest BCUT2D eigenvalue weighted by molar-refractivity contribution is -0.147. The lowest BCUT2D eigenvalue weighted by Crippen LogP contribution is -2.41. The van der Waals surface area contributed by atoms with E-state index < -0.39 is 53.9 Å². The van der Waals surface area contributed by atoms with E-state index in [1.54, 1.807) is 0 Å². The monoisotopic (exact) mass is 514 g/mol. The minimum absolute atomic E-state index is 0.0398. The standard InChI is InChI=1S/C22H26F8N4O/c1-12(23)9-16(18(13(2)24)22(28,29)30)14-3-7-34(8-4-14)20(35)19-15-5-6-33(11-21(25,26)27)10-17(15)31-32-19/h9,12,14H,3-8,10-11H2,1-2H3,(H,31,32)/b16-9-,18-13-. The lowest BCUT2D eigenvalue weighted by atomic mass is 9.83. The molecule has 1 N–H and O–H groups in total. The van der Waals surface area contributed by atoms with E-state index in [1.807, 2.05) is 0 Å². The van der Waals surface area contributed by atoms with E-state index in [2.05, 4.69) is 10.2 Å². The minimum atomic E-state index is -5.00. The molecule has 0 radical (unpaired) electrons. The Bertz CT molecular complexity index is 981. The quantitative estimate of drug-likeness (QED) is 0.430. The number of allylic oxidation sites excluding steroid dienone is 4. The van der Waals surface area contributed by atoms with Crippen molar-refractivity contribution in [3.8, 4) is 0 Å². The number of nitrogens with one attached hydrogen (secondary N) is 1. The summed E-state index contributed by atoms with van der Waals surface area (Å²) in [5, 5.41) is 6.61. The van der Waals surface area contributed by atoms with E-state index in [0.29, 0.717) is 18.2 Å². The Balaban J connectivity index is 1.71. The molecule has 3 heterocycles. The number of carbonyl (C=O) groups is 1. The number of carbonyl (C=O) groups excluding carboxylic acids is 1. The average molecular weight is 514 g/mol. The highest BCUT2D eigenvalue weighted by Gasteiger charge is 2.42. The van der Waals surface area contributed by atoms with Crippen LogP contribution in [-0.2, 0) is 13.0 Å². The maximum atomic E-state index is 13.8. The molecule has 0 aliphatic carbocycles. The SMILES string of the molecule is C/C(F)=C(\C(=C/C(C)F)C1CCN(C(=O)c2n[nH]c3c2CCN(CC(F)(F)F)C3)CC1)C(F)(F)F. The van der Waals surface area contributed by atoms with Gasteiger partial charge in [0.05, 0.1) is 17.8 Å². The van der Waals surface area contributed by atoms with Crippen LogP contribution in [0, 0.1) is 5.92 Å². The van der Waals surface area contributed by atoms with Gasteiger partial charge in [0, 0.05) is 31.7 Å². The summed E-state index contributed by atoms with van der Waals surface area (Å²) in [6.45, 7) is 0.786. The molecular formula is C22H26F8N4O. The molecule has 1 unspecified atom stereocenters. The lowest BCUT2D eigenvalue weighted by Gasteiger charge is -2.34. The fraction of sp³-hybridized carbons (Fsp3) is 0.636. The van der Waals surface area contributed by atoms with Crippen molar-refractivity contribution >= 4 is 5.91 Å². The largest absolute Gasteiger partial charge is 0.419 e. The van der Waals surface area contributed by atoms with Crippen LogP contribution < -0.4 is 0 Å². The second-order valence-electron chi connectivity index (χ2n) is 8.88. The predicted molar refractivity (Wildman–Crippen MR) is 111 cm³/mol. The molecule has 1 atom stereocenters. The molecule has 1 amide bonds. The third-order valence-electron chi connectivity index (χ3n) is 6.17. The molecule has 2 aliphatic rings. The number of aromatic nitrogens is 2. The van der Waals surface area contributed by atoms with E-state index in [4.69, 9.17) is 0 Å². The van der Waals surface area contributed by atoms with Gasteiger partial charge in [0.1, 0.15) is 12.0 Å². The molecule has 5 nitrogen and oxygen atoms in total. The number of aromatic amines is 1. The maximum Gasteiger partial charge on any atom is 0.419 e. The van der Waals surface area contributed by atoms with Gasteiger partial charge in [0.25, 0.3) is 5.91 Å². The number of hydrogen-bond donors (Lipinski definition) is 1. The Morgan fingerprint density at radius 1 is 1.17 bits per heavy atom. The molecule has 0 spiro atoms. The number of rotatable bonds is 5. The molecule has 1 aromatic heterocycles. The Morgan fingerprint density at radius 3 is 2.31 bits per heavy atom. The predicted octanol–water partition coefficient (Wildman–Crippen LogP) is 5.27. The highest BCUT2D eigenvalue weighted by Crippen LogP contribution is 2.41. The Labute approximate surface area is 196 Å². The first kappa shape index (κ1) is 27.2. The minimum Gasteiger partial charge on any atom is -0.337 e. The molecule has 0 bridgehead atoms. The first-order valence-corrected chi connectivity index (χ1v) is 11.1. The summed E-state index contributed by atoms with van der Waals surface area (Å²) in [6.07, 6.45) is -10.0. The molecule has 35 heavy (non-hydrogen) atoms. The van der Waals surface area contributed by atoms with Crippen LogP contribution in [0.3, 0.4) is 0 Å². The van der Waals surface area contributed by atoms with E-state index in [0.717, 1.165) is 13.0 Å². The van der Waals surface area contributed by atoms with Gasteiger partial charge in [-0.25, -0.2) is 8.78 Å². The van der Waals surface area contributed by atoms with E-state index in [1.165, 1.54) is 9.80 Å². The summed E-state index contributed by atoms with van der Waals surface area (Å²) in [5.74, 6) is -2.74. The number of amides is 1. The topological polar surface area (TPSA) is 52.2 Å². The van der Waals surface area contributed by atoms with Gasteiger partial charge in [-0.3, -0.25) is 14.8 Å². The van der Waals surface area contributed by atoms with Gasteiger partial charge in [-0.15, -0.1) is 0 Å². The van der Waals surface area contributed by atoms with Gasteiger partial charge in [-0.1, -0.05) is 0 Å². The van der Waals surface area contributed by atoms with Gasteiger partial charge in [-0.05, 0) is 50.7 Å². The third-order valence-corrected chi connectivity index (χ3v) is 6.17. The van der Waals surface area contributed by atoms with Crippen molar-refractivity contribution in [3.63, 3.8) is 0 Å². The summed E-state index contributed by atoms with van der Waals surface area (Å²) in [5.41, 5.74) is -0.927.